The monoisotopic (exact) mass is 334 g/mol. The van der Waals surface area contributed by atoms with E-state index in [1.54, 1.807) is 0 Å². The average molecular weight is 334 g/mol. The molecule has 0 radical (unpaired) electrons. The van der Waals surface area contributed by atoms with E-state index in [4.69, 9.17) is 0 Å². The second-order valence-corrected chi connectivity index (χ2v) is 6.38. The fourth-order valence-corrected chi connectivity index (χ4v) is 3.46. The molecule has 0 N–H and O–H groups in total. The summed E-state index contributed by atoms with van der Waals surface area (Å²) in [6, 6.07) is 0. The van der Waals surface area contributed by atoms with E-state index in [2.05, 4.69) is 48.6 Å². The Morgan fingerprint density at radius 2 is 1.88 bits per heavy atom. The number of allylic oxidation sites excluding steroid dienone is 2. The molecule has 0 nitrogen and oxygen atoms in total. The Bertz CT molecular complexity index is 186. The second kappa shape index (κ2) is 8.54. The maximum Gasteiger partial charge on any atom is 0.00265 e. The molecule has 1 fully saturated rings. The number of hydrogen-bond donors (Lipinski definition) is 0. The molecule has 16 heavy (non-hydrogen) atoms. The van der Waals surface area contributed by atoms with Crippen molar-refractivity contribution in [2.24, 2.45) is 17.8 Å². The zero-order valence-corrected chi connectivity index (χ0v) is 13.1. The lowest BCUT2D eigenvalue weighted by molar-refractivity contribution is 0.292. The van der Waals surface area contributed by atoms with Gasteiger partial charge in [-0.15, -0.1) is 0 Å². The van der Waals surface area contributed by atoms with Crippen molar-refractivity contribution >= 4 is 22.6 Å². The number of halogens is 1. The predicted molar refractivity (Wildman–Crippen MR) is 82.2 cm³/mol. The van der Waals surface area contributed by atoms with E-state index in [1.165, 1.54) is 49.4 Å². The summed E-state index contributed by atoms with van der Waals surface area (Å²) in [6.07, 6.45) is 14.7. The molecule has 0 amide bonds. The Labute approximate surface area is 115 Å². The number of alkyl halides is 1. The first-order valence-electron chi connectivity index (χ1n) is 6.97. The molecule has 1 heteroatoms. The third-order valence-electron chi connectivity index (χ3n) is 4.04. The Morgan fingerprint density at radius 3 is 2.44 bits per heavy atom. The first-order chi connectivity index (χ1) is 7.76. The summed E-state index contributed by atoms with van der Waals surface area (Å²) in [5.41, 5.74) is 0. The van der Waals surface area contributed by atoms with E-state index in [9.17, 15) is 0 Å². The molecule has 0 aromatic rings. The Kier molecular flexibility index (Phi) is 7.76. The summed E-state index contributed by atoms with van der Waals surface area (Å²) in [7, 11) is 0. The summed E-state index contributed by atoms with van der Waals surface area (Å²) >= 11 is 2.51. The van der Waals surface area contributed by atoms with Crippen LogP contribution in [0, 0.1) is 17.8 Å². The zero-order chi connectivity index (χ0) is 11.8. The molecule has 1 atom stereocenters. The van der Waals surface area contributed by atoms with E-state index >= 15 is 0 Å². The summed E-state index contributed by atoms with van der Waals surface area (Å²) in [4.78, 5) is 0. The van der Waals surface area contributed by atoms with Gasteiger partial charge in [0.1, 0.15) is 0 Å². The molecule has 1 aliphatic rings. The minimum absolute atomic E-state index is 0.906. The van der Waals surface area contributed by atoms with Crippen LogP contribution in [0.4, 0.5) is 0 Å². The highest BCUT2D eigenvalue weighted by Gasteiger charge is 2.16. The van der Waals surface area contributed by atoms with Gasteiger partial charge in [-0.05, 0) is 43.4 Å². The van der Waals surface area contributed by atoms with E-state index in [-0.39, 0.29) is 0 Å². The Hall–Kier alpha value is 0.470. The highest BCUT2D eigenvalue weighted by Crippen LogP contribution is 2.30. The normalized spacial score (nSPS) is 28.4. The van der Waals surface area contributed by atoms with Gasteiger partial charge in [-0.25, -0.2) is 0 Å². The summed E-state index contributed by atoms with van der Waals surface area (Å²) in [5, 5.41) is 0. The highest BCUT2D eigenvalue weighted by atomic mass is 127. The Morgan fingerprint density at radius 1 is 1.19 bits per heavy atom. The van der Waals surface area contributed by atoms with Crippen molar-refractivity contribution in [1.82, 2.24) is 0 Å². The lowest BCUT2D eigenvalue weighted by Gasteiger charge is -2.25. The molecule has 0 spiro atoms. The van der Waals surface area contributed by atoms with Gasteiger partial charge in [-0.3, -0.25) is 0 Å². The van der Waals surface area contributed by atoms with Crippen molar-refractivity contribution in [3.63, 3.8) is 0 Å². The van der Waals surface area contributed by atoms with Crippen LogP contribution in [0.2, 0.25) is 0 Å². The number of rotatable bonds is 6. The summed E-state index contributed by atoms with van der Waals surface area (Å²) in [5.74, 6) is 2.89. The largest absolute Gasteiger partial charge is 0.0883 e. The van der Waals surface area contributed by atoms with Crippen molar-refractivity contribution in [3.05, 3.63) is 12.2 Å². The first kappa shape index (κ1) is 14.5. The Balaban J connectivity index is 2.11. The molecule has 0 heterocycles. The van der Waals surface area contributed by atoms with Crippen molar-refractivity contribution in [1.29, 1.82) is 0 Å². The zero-order valence-electron chi connectivity index (χ0n) is 10.9. The third-order valence-corrected chi connectivity index (χ3v) is 5.28. The highest BCUT2D eigenvalue weighted by molar-refractivity contribution is 14.1. The molecule has 1 aliphatic carbocycles. The van der Waals surface area contributed by atoms with Gasteiger partial charge in [0.15, 0.2) is 0 Å². The fraction of sp³-hybridized carbons (Fsp3) is 0.867. The minimum atomic E-state index is 0.906. The molecule has 0 bridgehead atoms. The average Bonchev–Trinajstić information content (AvgIpc) is 2.32. The van der Waals surface area contributed by atoms with Gasteiger partial charge in [0.25, 0.3) is 0 Å². The standard InChI is InChI=1S/C15H27I/c1-3-14(12-16)6-4-5-7-15-10-8-13(2)9-11-15/h4-5,13-15H,3,6-12H2,1-2H3/b5-4+. The lowest BCUT2D eigenvalue weighted by atomic mass is 9.81. The van der Waals surface area contributed by atoms with Crippen LogP contribution in [0.5, 0.6) is 0 Å². The van der Waals surface area contributed by atoms with Crippen LogP contribution in [0.15, 0.2) is 12.2 Å². The van der Waals surface area contributed by atoms with Gasteiger partial charge in [-0.2, -0.15) is 0 Å². The first-order valence-corrected chi connectivity index (χ1v) is 8.49. The van der Waals surface area contributed by atoms with Crippen LogP contribution in [0.25, 0.3) is 0 Å². The predicted octanol–water partition coefficient (Wildman–Crippen LogP) is 5.61. The molecule has 0 aliphatic heterocycles. The van der Waals surface area contributed by atoms with Crippen LogP contribution < -0.4 is 0 Å². The van der Waals surface area contributed by atoms with Gasteiger partial charge < -0.3 is 0 Å². The molecule has 0 aromatic heterocycles. The van der Waals surface area contributed by atoms with Crippen molar-refractivity contribution in [3.8, 4) is 0 Å². The second-order valence-electron chi connectivity index (χ2n) is 5.50. The van der Waals surface area contributed by atoms with Crippen LogP contribution in [0.1, 0.15) is 58.8 Å². The van der Waals surface area contributed by atoms with E-state index in [1.807, 2.05) is 0 Å². The van der Waals surface area contributed by atoms with Gasteiger partial charge in [0, 0.05) is 4.43 Å². The SMILES string of the molecule is CCC(CI)C/C=C/CC1CCC(C)CC1. The third kappa shape index (κ3) is 5.70. The van der Waals surface area contributed by atoms with Crippen molar-refractivity contribution < 1.29 is 0 Å². The molecule has 0 saturated heterocycles. The molecular formula is C15H27I. The number of hydrogen-bond acceptors (Lipinski definition) is 0. The van der Waals surface area contributed by atoms with Gasteiger partial charge >= 0.3 is 0 Å². The molecule has 1 saturated carbocycles. The van der Waals surface area contributed by atoms with Crippen LogP contribution in [-0.2, 0) is 0 Å². The summed E-state index contributed by atoms with van der Waals surface area (Å²) < 4.78 is 1.31. The maximum absolute atomic E-state index is 2.51. The topological polar surface area (TPSA) is 0 Å². The van der Waals surface area contributed by atoms with E-state index in [0.717, 1.165) is 17.8 Å². The van der Waals surface area contributed by atoms with Gasteiger partial charge in [0.05, 0.1) is 0 Å². The van der Waals surface area contributed by atoms with Gasteiger partial charge in [-0.1, -0.05) is 67.9 Å². The molecule has 1 rings (SSSR count). The molecule has 1 unspecified atom stereocenters. The quantitative estimate of drug-likeness (QED) is 0.336. The fourth-order valence-electron chi connectivity index (χ4n) is 2.48. The lowest BCUT2D eigenvalue weighted by Crippen LogP contribution is -2.11. The van der Waals surface area contributed by atoms with Crippen LogP contribution >= 0.6 is 22.6 Å². The smallest absolute Gasteiger partial charge is 0.00265 e. The summed E-state index contributed by atoms with van der Waals surface area (Å²) in [6.45, 7) is 4.71. The minimum Gasteiger partial charge on any atom is -0.0883 e. The van der Waals surface area contributed by atoms with Gasteiger partial charge in [0.2, 0.25) is 0 Å². The van der Waals surface area contributed by atoms with E-state index < -0.39 is 0 Å². The van der Waals surface area contributed by atoms with E-state index in [0.29, 0.717) is 0 Å². The molecular weight excluding hydrogens is 307 g/mol. The maximum atomic E-state index is 2.51. The molecule has 94 valence electrons. The molecule has 0 aromatic carbocycles. The van der Waals surface area contributed by atoms with Crippen LogP contribution in [0.3, 0.4) is 0 Å². The van der Waals surface area contributed by atoms with Crippen molar-refractivity contribution in [2.45, 2.75) is 58.8 Å². The van der Waals surface area contributed by atoms with Crippen LogP contribution in [-0.4, -0.2) is 4.43 Å². The van der Waals surface area contributed by atoms with Crippen molar-refractivity contribution in [2.75, 3.05) is 4.43 Å².